The molecule has 0 aliphatic heterocycles. The highest BCUT2D eigenvalue weighted by Crippen LogP contribution is 2.41. The standard InChI is InChI=1S/C24H18ClF3N2O3/c1-32-20-9-7-15(25)13-18(20)21-17-12-14(24(26,27)28)6-8-19(17)30-23(31)22(21)29-10-2-4-16-5-3-11-33-16/h2-9,11-13,29H,10H2,1H3,(H,30,31). The van der Waals surface area contributed by atoms with Crippen molar-refractivity contribution in [2.45, 2.75) is 6.18 Å². The summed E-state index contributed by atoms with van der Waals surface area (Å²) in [6, 6.07) is 11.4. The van der Waals surface area contributed by atoms with Gasteiger partial charge in [0.15, 0.2) is 0 Å². The van der Waals surface area contributed by atoms with Gasteiger partial charge in [-0.05, 0) is 54.6 Å². The van der Waals surface area contributed by atoms with Gasteiger partial charge in [-0.2, -0.15) is 13.2 Å². The van der Waals surface area contributed by atoms with Gasteiger partial charge in [0.1, 0.15) is 17.2 Å². The number of methoxy groups -OCH3 is 1. The van der Waals surface area contributed by atoms with Crippen molar-refractivity contribution in [3.05, 3.63) is 87.6 Å². The average molecular weight is 475 g/mol. The van der Waals surface area contributed by atoms with Crippen LogP contribution in [0.5, 0.6) is 5.75 Å². The summed E-state index contributed by atoms with van der Waals surface area (Å²) in [7, 11) is 1.43. The first-order valence-corrected chi connectivity index (χ1v) is 10.2. The largest absolute Gasteiger partial charge is 0.496 e. The molecule has 0 radical (unpaired) electrons. The number of ether oxygens (including phenoxy) is 1. The molecule has 0 saturated heterocycles. The molecule has 5 nitrogen and oxygen atoms in total. The Morgan fingerprint density at radius 2 is 2.00 bits per heavy atom. The molecule has 0 unspecified atom stereocenters. The first kappa shape index (κ1) is 22.5. The van der Waals surface area contributed by atoms with Gasteiger partial charge in [-0.3, -0.25) is 4.79 Å². The van der Waals surface area contributed by atoms with Crippen LogP contribution in [0.3, 0.4) is 0 Å². The van der Waals surface area contributed by atoms with E-state index in [4.69, 9.17) is 20.8 Å². The van der Waals surface area contributed by atoms with E-state index < -0.39 is 17.3 Å². The van der Waals surface area contributed by atoms with Crippen LogP contribution in [-0.4, -0.2) is 18.6 Å². The summed E-state index contributed by atoms with van der Waals surface area (Å²) in [5, 5.41) is 3.55. The van der Waals surface area contributed by atoms with Crippen molar-refractivity contribution in [3.63, 3.8) is 0 Å². The SMILES string of the molecule is COc1ccc(Cl)cc1-c1c(NCC=Cc2ccco2)c(=O)[nH]c2ccc(C(F)(F)F)cc12. The van der Waals surface area contributed by atoms with Crippen molar-refractivity contribution in [1.82, 2.24) is 4.98 Å². The summed E-state index contributed by atoms with van der Waals surface area (Å²) in [4.78, 5) is 15.6. The van der Waals surface area contributed by atoms with E-state index in [0.717, 1.165) is 12.1 Å². The quantitative estimate of drug-likeness (QED) is 0.330. The predicted molar refractivity (Wildman–Crippen MR) is 123 cm³/mol. The van der Waals surface area contributed by atoms with Crippen LogP contribution in [-0.2, 0) is 6.18 Å². The number of furan rings is 1. The Morgan fingerprint density at radius 3 is 2.70 bits per heavy atom. The second-order valence-electron chi connectivity index (χ2n) is 7.11. The molecule has 33 heavy (non-hydrogen) atoms. The Labute approximate surface area is 191 Å². The maximum absolute atomic E-state index is 13.5. The molecule has 4 rings (SSSR count). The molecule has 0 amide bonds. The number of rotatable bonds is 6. The molecule has 0 aliphatic carbocycles. The lowest BCUT2D eigenvalue weighted by Crippen LogP contribution is -2.17. The fraction of sp³-hybridized carbons (Fsp3) is 0.125. The van der Waals surface area contributed by atoms with E-state index in [9.17, 15) is 18.0 Å². The van der Waals surface area contributed by atoms with E-state index in [1.807, 2.05) is 0 Å². The van der Waals surface area contributed by atoms with Gasteiger partial charge in [0.25, 0.3) is 5.56 Å². The molecule has 2 aromatic heterocycles. The van der Waals surface area contributed by atoms with Crippen LogP contribution in [0.4, 0.5) is 18.9 Å². The van der Waals surface area contributed by atoms with Crippen LogP contribution in [0.1, 0.15) is 11.3 Å². The number of fused-ring (bicyclic) bond motifs is 1. The van der Waals surface area contributed by atoms with Crippen molar-refractivity contribution in [1.29, 1.82) is 0 Å². The first-order chi connectivity index (χ1) is 15.8. The summed E-state index contributed by atoms with van der Waals surface area (Å²) >= 11 is 6.19. The van der Waals surface area contributed by atoms with Crippen molar-refractivity contribution in [3.8, 4) is 16.9 Å². The number of halogens is 4. The molecular formula is C24H18ClF3N2O3. The number of H-pyrrole nitrogens is 1. The third-order valence-electron chi connectivity index (χ3n) is 4.99. The second-order valence-corrected chi connectivity index (χ2v) is 7.54. The fourth-order valence-electron chi connectivity index (χ4n) is 3.52. The number of alkyl halides is 3. The lowest BCUT2D eigenvalue weighted by Gasteiger charge is -2.17. The Morgan fingerprint density at radius 1 is 1.18 bits per heavy atom. The smallest absolute Gasteiger partial charge is 0.416 e. The highest BCUT2D eigenvalue weighted by atomic mass is 35.5. The summed E-state index contributed by atoms with van der Waals surface area (Å²) < 4.78 is 51.1. The zero-order chi connectivity index (χ0) is 23.6. The van der Waals surface area contributed by atoms with Gasteiger partial charge in [0, 0.05) is 33.6 Å². The lowest BCUT2D eigenvalue weighted by atomic mass is 9.97. The molecule has 0 bridgehead atoms. The molecule has 0 atom stereocenters. The fourth-order valence-corrected chi connectivity index (χ4v) is 3.69. The van der Waals surface area contributed by atoms with Gasteiger partial charge < -0.3 is 19.5 Å². The number of pyridine rings is 1. The second kappa shape index (κ2) is 9.07. The number of nitrogens with one attached hydrogen (secondary N) is 2. The third kappa shape index (κ3) is 4.75. The minimum Gasteiger partial charge on any atom is -0.496 e. The van der Waals surface area contributed by atoms with E-state index in [-0.39, 0.29) is 28.7 Å². The van der Waals surface area contributed by atoms with Crippen molar-refractivity contribution >= 4 is 34.3 Å². The maximum atomic E-state index is 13.5. The normalized spacial score (nSPS) is 11.9. The highest BCUT2D eigenvalue weighted by molar-refractivity contribution is 6.31. The molecule has 0 fully saturated rings. The molecule has 2 heterocycles. The summed E-state index contributed by atoms with van der Waals surface area (Å²) in [6.45, 7) is 0.212. The zero-order valence-electron chi connectivity index (χ0n) is 17.3. The van der Waals surface area contributed by atoms with Crippen LogP contribution in [0.15, 0.2) is 70.1 Å². The van der Waals surface area contributed by atoms with Crippen LogP contribution >= 0.6 is 11.6 Å². The van der Waals surface area contributed by atoms with Gasteiger partial charge in [-0.25, -0.2) is 0 Å². The topological polar surface area (TPSA) is 67.3 Å². The van der Waals surface area contributed by atoms with E-state index in [1.165, 1.54) is 19.4 Å². The molecule has 170 valence electrons. The average Bonchev–Trinajstić information content (AvgIpc) is 3.29. The monoisotopic (exact) mass is 474 g/mol. The summed E-state index contributed by atoms with van der Waals surface area (Å²) in [6.07, 6.45) is 0.416. The van der Waals surface area contributed by atoms with Gasteiger partial charge in [0.05, 0.1) is 18.9 Å². The van der Waals surface area contributed by atoms with Crippen LogP contribution < -0.4 is 15.6 Å². The van der Waals surface area contributed by atoms with Crippen molar-refractivity contribution in [2.75, 3.05) is 19.0 Å². The lowest BCUT2D eigenvalue weighted by molar-refractivity contribution is -0.137. The number of aromatic nitrogens is 1. The van der Waals surface area contributed by atoms with E-state index in [2.05, 4.69) is 10.3 Å². The minimum absolute atomic E-state index is 0.0893. The molecule has 0 saturated carbocycles. The van der Waals surface area contributed by atoms with Gasteiger partial charge >= 0.3 is 6.18 Å². The van der Waals surface area contributed by atoms with Gasteiger partial charge in [-0.1, -0.05) is 17.7 Å². The molecule has 2 aromatic carbocycles. The van der Waals surface area contributed by atoms with E-state index in [0.29, 0.717) is 22.1 Å². The van der Waals surface area contributed by atoms with Crippen LogP contribution in [0.2, 0.25) is 5.02 Å². The Balaban J connectivity index is 1.92. The Bertz CT molecular complexity index is 1380. The molecule has 9 heteroatoms. The Kier molecular flexibility index (Phi) is 6.20. The van der Waals surface area contributed by atoms with Crippen LogP contribution in [0, 0.1) is 0 Å². The number of anilines is 1. The summed E-state index contributed by atoms with van der Waals surface area (Å²) in [5.74, 6) is 0.980. The zero-order valence-corrected chi connectivity index (χ0v) is 18.1. The minimum atomic E-state index is -4.56. The van der Waals surface area contributed by atoms with Gasteiger partial charge in [0.2, 0.25) is 0 Å². The molecule has 0 aliphatic rings. The number of benzene rings is 2. The van der Waals surface area contributed by atoms with Gasteiger partial charge in [-0.15, -0.1) is 0 Å². The highest BCUT2D eigenvalue weighted by Gasteiger charge is 2.31. The number of hydrogen-bond acceptors (Lipinski definition) is 4. The molecular weight excluding hydrogens is 457 g/mol. The predicted octanol–water partition coefficient (Wildman–Crippen LogP) is 6.59. The molecule has 4 aromatic rings. The van der Waals surface area contributed by atoms with Crippen molar-refractivity contribution < 1.29 is 22.3 Å². The van der Waals surface area contributed by atoms with E-state index in [1.54, 1.807) is 42.5 Å². The van der Waals surface area contributed by atoms with E-state index >= 15 is 0 Å². The van der Waals surface area contributed by atoms with Crippen molar-refractivity contribution in [2.24, 2.45) is 0 Å². The molecule has 0 spiro atoms. The summed E-state index contributed by atoms with van der Waals surface area (Å²) in [5.41, 5.74) is -0.352. The maximum Gasteiger partial charge on any atom is 0.416 e. The number of hydrogen-bond donors (Lipinski definition) is 2. The molecule has 2 N–H and O–H groups in total. The van der Waals surface area contributed by atoms with Crippen LogP contribution in [0.25, 0.3) is 28.1 Å². The number of aromatic amines is 1. The third-order valence-corrected chi connectivity index (χ3v) is 5.23. The first-order valence-electron chi connectivity index (χ1n) is 9.83. The Hall–Kier alpha value is -3.65.